The summed E-state index contributed by atoms with van der Waals surface area (Å²) in [5.41, 5.74) is 0. The molecule has 0 aromatic rings. The maximum atomic E-state index is 10.5. The van der Waals surface area contributed by atoms with Crippen molar-refractivity contribution in [3.05, 3.63) is 12.8 Å². The molecule has 0 heterocycles. The smallest absolute Gasteiger partial charge is 0.308 e. The van der Waals surface area contributed by atoms with Gasteiger partial charge in [0.05, 0.1) is 12.0 Å². The molecule has 0 aliphatic heterocycles. The van der Waals surface area contributed by atoms with E-state index in [-0.39, 0.29) is 5.75 Å². The molecule has 0 N–H and O–H groups in total. The summed E-state index contributed by atoms with van der Waals surface area (Å²) in [7, 11) is -3.30. The first kappa shape index (κ1) is 8.49. The second kappa shape index (κ2) is 3.50. The second-order valence-corrected chi connectivity index (χ2v) is 3.24. The van der Waals surface area contributed by atoms with E-state index in [1.165, 1.54) is 0 Å². The van der Waals surface area contributed by atoms with Gasteiger partial charge in [0.25, 0.3) is 0 Å². The third-order valence-corrected chi connectivity index (χ3v) is 2.01. The minimum atomic E-state index is -3.30. The SMILES string of the molecule is C=COS(=O)(=O)CCC. The summed E-state index contributed by atoms with van der Waals surface area (Å²) in [6, 6.07) is 0. The Labute approximate surface area is 55.5 Å². The van der Waals surface area contributed by atoms with Crippen LogP contribution in [0, 0.1) is 0 Å². The van der Waals surface area contributed by atoms with Gasteiger partial charge >= 0.3 is 10.1 Å². The quantitative estimate of drug-likeness (QED) is 0.441. The fraction of sp³-hybridized carbons (Fsp3) is 0.600. The molecular formula is C5H10O3S. The number of hydrogen-bond acceptors (Lipinski definition) is 3. The molecular weight excluding hydrogens is 140 g/mol. The molecule has 0 spiro atoms. The first-order valence-corrected chi connectivity index (χ1v) is 4.22. The van der Waals surface area contributed by atoms with Crippen LogP contribution in [0.25, 0.3) is 0 Å². The van der Waals surface area contributed by atoms with E-state index in [1.54, 1.807) is 6.92 Å². The molecule has 0 saturated carbocycles. The molecule has 0 rings (SSSR count). The minimum Gasteiger partial charge on any atom is -0.391 e. The largest absolute Gasteiger partial charge is 0.391 e. The van der Waals surface area contributed by atoms with E-state index in [1.807, 2.05) is 0 Å². The van der Waals surface area contributed by atoms with E-state index in [0.717, 1.165) is 6.26 Å². The summed E-state index contributed by atoms with van der Waals surface area (Å²) in [5.74, 6) is 0.0546. The van der Waals surface area contributed by atoms with Crippen LogP contribution in [0.5, 0.6) is 0 Å². The Morgan fingerprint density at radius 2 is 2.22 bits per heavy atom. The molecule has 0 saturated heterocycles. The summed E-state index contributed by atoms with van der Waals surface area (Å²) in [6.07, 6.45) is 1.49. The van der Waals surface area contributed by atoms with Crippen LogP contribution in [0.2, 0.25) is 0 Å². The standard InChI is InChI=1S/C5H10O3S/c1-3-5-9(6,7)8-4-2/h4H,2-3,5H2,1H3. The van der Waals surface area contributed by atoms with Crippen molar-refractivity contribution in [1.29, 1.82) is 0 Å². The van der Waals surface area contributed by atoms with Crippen LogP contribution in [0.4, 0.5) is 0 Å². The Balaban J connectivity index is 3.88. The van der Waals surface area contributed by atoms with Crippen molar-refractivity contribution in [3.63, 3.8) is 0 Å². The molecule has 9 heavy (non-hydrogen) atoms. The monoisotopic (exact) mass is 150 g/mol. The molecule has 0 amide bonds. The second-order valence-electron chi connectivity index (χ2n) is 1.52. The first-order valence-electron chi connectivity index (χ1n) is 2.64. The summed E-state index contributed by atoms with van der Waals surface area (Å²) < 4.78 is 25.3. The lowest BCUT2D eigenvalue weighted by Crippen LogP contribution is -2.05. The van der Waals surface area contributed by atoms with Gasteiger partial charge in [0.15, 0.2) is 0 Å². The molecule has 0 atom stereocenters. The van der Waals surface area contributed by atoms with Gasteiger partial charge in [-0.25, -0.2) is 0 Å². The van der Waals surface area contributed by atoms with E-state index in [9.17, 15) is 8.42 Å². The van der Waals surface area contributed by atoms with Crippen molar-refractivity contribution in [2.45, 2.75) is 13.3 Å². The Morgan fingerprint density at radius 3 is 2.56 bits per heavy atom. The third-order valence-electron chi connectivity index (χ3n) is 0.669. The van der Waals surface area contributed by atoms with Gasteiger partial charge < -0.3 is 4.18 Å². The highest BCUT2D eigenvalue weighted by atomic mass is 32.2. The van der Waals surface area contributed by atoms with Crippen LogP contribution in [0.3, 0.4) is 0 Å². The molecule has 0 aliphatic carbocycles. The zero-order valence-electron chi connectivity index (χ0n) is 5.33. The van der Waals surface area contributed by atoms with Crippen LogP contribution < -0.4 is 0 Å². The molecule has 3 nitrogen and oxygen atoms in total. The van der Waals surface area contributed by atoms with Gasteiger partial charge in [-0.15, -0.1) is 0 Å². The number of rotatable bonds is 4. The molecule has 0 bridgehead atoms. The summed E-state index contributed by atoms with van der Waals surface area (Å²) in [6.45, 7) is 4.89. The Hall–Kier alpha value is -0.510. The van der Waals surface area contributed by atoms with Gasteiger partial charge in [-0.05, 0) is 6.42 Å². The fourth-order valence-corrected chi connectivity index (χ4v) is 1.21. The van der Waals surface area contributed by atoms with Crippen LogP contribution in [0.1, 0.15) is 13.3 Å². The van der Waals surface area contributed by atoms with Gasteiger partial charge in [0.1, 0.15) is 0 Å². The highest BCUT2D eigenvalue weighted by molar-refractivity contribution is 7.86. The molecule has 0 fully saturated rings. The van der Waals surface area contributed by atoms with E-state index in [4.69, 9.17) is 0 Å². The summed E-state index contributed by atoms with van der Waals surface area (Å²) >= 11 is 0. The molecule has 0 unspecified atom stereocenters. The van der Waals surface area contributed by atoms with Crippen LogP contribution in [-0.2, 0) is 14.3 Å². The molecule has 54 valence electrons. The van der Waals surface area contributed by atoms with E-state index < -0.39 is 10.1 Å². The lowest BCUT2D eigenvalue weighted by Gasteiger charge is -1.97. The maximum Gasteiger partial charge on any atom is 0.308 e. The first-order chi connectivity index (χ1) is 4.12. The zero-order valence-corrected chi connectivity index (χ0v) is 6.15. The lowest BCUT2D eigenvalue weighted by atomic mass is 10.6. The topological polar surface area (TPSA) is 43.4 Å². The van der Waals surface area contributed by atoms with Crippen molar-refractivity contribution in [1.82, 2.24) is 0 Å². The van der Waals surface area contributed by atoms with Gasteiger partial charge in [-0.2, -0.15) is 8.42 Å². The molecule has 0 radical (unpaired) electrons. The van der Waals surface area contributed by atoms with Crippen LogP contribution in [0.15, 0.2) is 12.8 Å². The van der Waals surface area contributed by atoms with Crippen molar-refractivity contribution in [2.75, 3.05) is 5.75 Å². The van der Waals surface area contributed by atoms with E-state index in [2.05, 4.69) is 10.8 Å². The van der Waals surface area contributed by atoms with Gasteiger partial charge in [0.2, 0.25) is 0 Å². The van der Waals surface area contributed by atoms with Crippen molar-refractivity contribution >= 4 is 10.1 Å². The van der Waals surface area contributed by atoms with Crippen molar-refractivity contribution in [3.8, 4) is 0 Å². The normalized spacial score (nSPS) is 10.8. The minimum absolute atomic E-state index is 0.0546. The summed E-state index contributed by atoms with van der Waals surface area (Å²) in [5, 5.41) is 0. The zero-order chi connectivity index (χ0) is 7.33. The third kappa shape index (κ3) is 4.02. The predicted octanol–water partition coefficient (Wildman–Crippen LogP) is 0.886. The summed E-state index contributed by atoms with van der Waals surface area (Å²) in [4.78, 5) is 0. The highest BCUT2D eigenvalue weighted by Crippen LogP contribution is 1.94. The van der Waals surface area contributed by atoms with Gasteiger partial charge in [-0.1, -0.05) is 13.5 Å². The Kier molecular flexibility index (Phi) is 3.30. The van der Waals surface area contributed by atoms with Gasteiger partial charge in [-0.3, -0.25) is 0 Å². The van der Waals surface area contributed by atoms with E-state index in [0.29, 0.717) is 6.42 Å². The molecule has 0 aliphatic rings. The molecule has 0 aromatic heterocycles. The van der Waals surface area contributed by atoms with Gasteiger partial charge in [0, 0.05) is 0 Å². The van der Waals surface area contributed by atoms with Crippen LogP contribution >= 0.6 is 0 Å². The Morgan fingerprint density at radius 1 is 1.67 bits per heavy atom. The average molecular weight is 150 g/mol. The predicted molar refractivity (Wildman–Crippen MR) is 35.4 cm³/mol. The number of hydrogen-bond donors (Lipinski definition) is 0. The average Bonchev–Trinajstić information content (AvgIpc) is 1.64. The van der Waals surface area contributed by atoms with E-state index >= 15 is 0 Å². The van der Waals surface area contributed by atoms with Crippen molar-refractivity contribution < 1.29 is 12.6 Å². The van der Waals surface area contributed by atoms with Crippen LogP contribution in [-0.4, -0.2) is 14.2 Å². The lowest BCUT2D eigenvalue weighted by molar-refractivity contribution is 0.444. The Bertz CT molecular complexity index is 169. The molecule has 0 aromatic carbocycles. The fourth-order valence-electron chi connectivity index (χ4n) is 0.402. The maximum absolute atomic E-state index is 10.5. The molecule has 4 heteroatoms. The highest BCUT2D eigenvalue weighted by Gasteiger charge is 2.05. The van der Waals surface area contributed by atoms with Crippen molar-refractivity contribution in [2.24, 2.45) is 0 Å².